The average Bonchev–Trinajstić information content (AvgIpc) is 3.31. The van der Waals surface area contributed by atoms with Crippen LogP contribution in [0, 0.1) is 32.1 Å². The van der Waals surface area contributed by atoms with Crippen molar-refractivity contribution in [1.29, 1.82) is 5.26 Å². The number of H-pyrrole nitrogens is 1. The average molecular weight is 570 g/mol. The van der Waals surface area contributed by atoms with Gasteiger partial charge in [-0.25, -0.2) is 27.2 Å². The van der Waals surface area contributed by atoms with Crippen LogP contribution in [-0.2, 0) is 16.4 Å². The smallest absolute Gasteiger partial charge is 0.270 e. The summed E-state index contributed by atoms with van der Waals surface area (Å²) in [5.41, 5.74) is 4.19. The largest absolute Gasteiger partial charge is 0.349 e. The summed E-state index contributed by atoms with van der Waals surface area (Å²) >= 11 is 0. The van der Waals surface area contributed by atoms with Crippen molar-refractivity contribution in [1.82, 2.24) is 28.7 Å². The molecule has 0 aliphatic rings. The first-order valence-electron chi connectivity index (χ1n) is 12.8. The molecule has 3 heterocycles. The van der Waals surface area contributed by atoms with Crippen molar-refractivity contribution in [3.8, 4) is 11.8 Å². The summed E-state index contributed by atoms with van der Waals surface area (Å²) in [5, 5.41) is 13.0. The van der Waals surface area contributed by atoms with Crippen LogP contribution in [0.1, 0.15) is 59.0 Å². The Morgan fingerprint density at radius 2 is 1.71 bits per heavy atom. The topological polar surface area (TPSA) is 156 Å². The molecule has 12 heteroatoms. The van der Waals surface area contributed by atoms with Crippen LogP contribution in [0.3, 0.4) is 0 Å². The Labute approximate surface area is 235 Å². The lowest BCUT2D eigenvalue weighted by Gasteiger charge is -2.13. The number of aromatic nitrogens is 6. The number of nitrogens with one attached hydrogen (secondary N) is 1. The highest BCUT2D eigenvalue weighted by atomic mass is 32.2. The highest BCUT2D eigenvalue weighted by molar-refractivity contribution is 7.90. The van der Waals surface area contributed by atoms with Gasteiger partial charge in [-0.1, -0.05) is 31.5 Å². The molecule has 0 atom stereocenters. The van der Waals surface area contributed by atoms with Crippen molar-refractivity contribution in [3.05, 3.63) is 109 Å². The van der Waals surface area contributed by atoms with Crippen molar-refractivity contribution >= 4 is 21.2 Å². The van der Waals surface area contributed by atoms with Gasteiger partial charge < -0.3 is 0 Å². The van der Waals surface area contributed by atoms with Gasteiger partial charge in [0, 0.05) is 18.2 Å². The zero-order valence-electron chi connectivity index (χ0n) is 23.1. The van der Waals surface area contributed by atoms with Crippen LogP contribution in [0.15, 0.2) is 63.3 Å². The van der Waals surface area contributed by atoms with Crippen LogP contribution in [0.2, 0.25) is 0 Å². The van der Waals surface area contributed by atoms with Gasteiger partial charge in [-0.2, -0.15) is 9.94 Å². The van der Waals surface area contributed by atoms with Crippen molar-refractivity contribution in [3.63, 3.8) is 0 Å². The highest BCUT2D eigenvalue weighted by Crippen LogP contribution is 2.29. The number of nitrogens with zero attached hydrogens (tertiary/aromatic N) is 6. The molecule has 0 saturated carbocycles. The van der Waals surface area contributed by atoms with E-state index >= 15 is 0 Å². The molecule has 5 rings (SSSR count). The van der Waals surface area contributed by atoms with Gasteiger partial charge >= 0.3 is 5.69 Å². The van der Waals surface area contributed by atoms with E-state index in [0.717, 1.165) is 32.5 Å². The lowest BCUT2D eigenvalue weighted by Crippen LogP contribution is -2.33. The fourth-order valence-corrected chi connectivity index (χ4v) is 6.06. The van der Waals surface area contributed by atoms with Crippen LogP contribution in [0.4, 0.5) is 0 Å². The van der Waals surface area contributed by atoms with Gasteiger partial charge in [0.15, 0.2) is 5.65 Å². The predicted octanol–water partition coefficient (Wildman–Crippen LogP) is 3.41. The Balaban J connectivity index is 1.56. The van der Waals surface area contributed by atoms with Gasteiger partial charge in [0.25, 0.3) is 15.6 Å². The molecule has 1 N–H and O–H groups in total. The molecule has 0 amide bonds. The maximum absolute atomic E-state index is 13.5. The Morgan fingerprint density at radius 3 is 2.32 bits per heavy atom. The molecule has 2 aromatic carbocycles. The molecule has 0 spiro atoms. The van der Waals surface area contributed by atoms with Gasteiger partial charge in [-0.3, -0.25) is 9.78 Å². The molecule has 0 aliphatic carbocycles. The molecule has 0 bridgehead atoms. The molecule has 11 nitrogen and oxygen atoms in total. The van der Waals surface area contributed by atoms with Crippen molar-refractivity contribution in [2.75, 3.05) is 0 Å². The second-order valence-corrected chi connectivity index (χ2v) is 12.1. The summed E-state index contributed by atoms with van der Waals surface area (Å²) in [6.07, 6.45) is 3.59. The lowest BCUT2D eigenvalue weighted by atomic mass is 9.97. The summed E-state index contributed by atoms with van der Waals surface area (Å²) < 4.78 is 29.2. The maximum atomic E-state index is 13.5. The SMILES string of the molecule is Cc1ccc(S(=O)(=O)n2cc(C(C)C)c3nc(Cc4c(C)cc(-n5nc(C#N)c(=O)[nH]c5=O)cc4C)cnc32)cc1. The molecular formula is C29H27N7O4S. The van der Waals surface area contributed by atoms with Gasteiger partial charge in [0.2, 0.25) is 5.69 Å². The first-order chi connectivity index (χ1) is 19.4. The molecule has 0 fully saturated rings. The Morgan fingerprint density at radius 1 is 1.05 bits per heavy atom. The third-order valence-corrected chi connectivity index (χ3v) is 8.62. The van der Waals surface area contributed by atoms with E-state index in [1.165, 1.54) is 3.97 Å². The van der Waals surface area contributed by atoms with Gasteiger partial charge in [-0.15, -0.1) is 5.10 Å². The van der Waals surface area contributed by atoms with Crippen LogP contribution in [0.5, 0.6) is 0 Å². The van der Waals surface area contributed by atoms with E-state index in [4.69, 9.17) is 10.2 Å². The number of aromatic amines is 1. The summed E-state index contributed by atoms with van der Waals surface area (Å²) in [6, 6.07) is 11.9. The van der Waals surface area contributed by atoms with E-state index in [2.05, 4.69) is 15.1 Å². The van der Waals surface area contributed by atoms with E-state index in [0.29, 0.717) is 23.3 Å². The molecule has 41 heavy (non-hydrogen) atoms. The zero-order chi connectivity index (χ0) is 29.6. The maximum Gasteiger partial charge on any atom is 0.349 e. The van der Waals surface area contributed by atoms with E-state index in [9.17, 15) is 18.0 Å². The normalized spacial score (nSPS) is 11.7. The molecule has 5 aromatic rings. The minimum atomic E-state index is -3.88. The van der Waals surface area contributed by atoms with Crippen LogP contribution in [0.25, 0.3) is 16.9 Å². The van der Waals surface area contributed by atoms with Crippen molar-refractivity contribution in [2.45, 2.75) is 51.9 Å². The second-order valence-electron chi connectivity index (χ2n) is 10.3. The van der Waals surface area contributed by atoms with E-state index < -0.39 is 27.0 Å². The Bertz CT molecular complexity index is 2080. The van der Waals surface area contributed by atoms with Gasteiger partial charge in [-0.05, 0) is 67.6 Å². The first-order valence-corrected chi connectivity index (χ1v) is 14.3. The molecular weight excluding hydrogens is 542 g/mol. The fraction of sp³-hybridized carbons (Fsp3) is 0.241. The van der Waals surface area contributed by atoms with Crippen LogP contribution in [-0.4, -0.2) is 37.1 Å². The number of benzene rings is 2. The molecule has 3 aromatic heterocycles. The number of hydrogen-bond acceptors (Lipinski definition) is 8. The Kier molecular flexibility index (Phi) is 6.92. The third kappa shape index (κ3) is 4.96. The van der Waals surface area contributed by atoms with E-state index in [-0.39, 0.29) is 16.5 Å². The molecule has 0 radical (unpaired) electrons. The summed E-state index contributed by atoms with van der Waals surface area (Å²) in [5.74, 6) is 0.000649. The Hall–Kier alpha value is -4.89. The summed E-state index contributed by atoms with van der Waals surface area (Å²) in [6.45, 7) is 9.61. The van der Waals surface area contributed by atoms with Crippen LogP contribution < -0.4 is 11.2 Å². The monoisotopic (exact) mass is 569 g/mol. The second kappa shape index (κ2) is 10.3. The van der Waals surface area contributed by atoms with E-state index in [1.807, 2.05) is 34.6 Å². The van der Waals surface area contributed by atoms with Gasteiger partial charge in [0.05, 0.1) is 22.5 Å². The number of nitriles is 1. The summed E-state index contributed by atoms with van der Waals surface area (Å²) in [4.78, 5) is 35.8. The zero-order valence-corrected chi connectivity index (χ0v) is 23.9. The predicted molar refractivity (Wildman–Crippen MR) is 153 cm³/mol. The van der Waals surface area contributed by atoms with Crippen molar-refractivity contribution in [2.24, 2.45) is 0 Å². The van der Waals surface area contributed by atoms with E-state index in [1.54, 1.807) is 54.9 Å². The summed E-state index contributed by atoms with van der Waals surface area (Å²) in [7, 11) is -3.88. The quantitative estimate of drug-likeness (QED) is 0.326. The number of rotatable bonds is 6. The fourth-order valence-electron chi connectivity index (χ4n) is 4.74. The molecule has 0 saturated heterocycles. The van der Waals surface area contributed by atoms with Crippen LogP contribution >= 0.6 is 0 Å². The number of aryl methyl sites for hydroxylation is 3. The molecule has 208 valence electrons. The van der Waals surface area contributed by atoms with Crippen molar-refractivity contribution < 1.29 is 8.42 Å². The number of hydrogen-bond donors (Lipinski definition) is 1. The standard InChI is InChI=1S/C29H27N7O4S/c1-16(2)24-15-35(41(39,40)22-8-6-17(3)7-9-22)27-26(24)32-20(14-31-27)12-23-18(4)10-21(11-19(23)5)36-29(38)33-28(37)25(13-30)34-36/h6-11,14-16H,12H2,1-5H3,(H,33,37,38). The minimum absolute atomic E-state index is 0.000649. The first kappa shape index (κ1) is 27.7. The minimum Gasteiger partial charge on any atom is -0.270 e. The lowest BCUT2D eigenvalue weighted by molar-refractivity contribution is 0.588. The van der Waals surface area contributed by atoms with Gasteiger partial charge in [0.1, 0.15) is 11.6 Å². The molecule has 0 unspecified atom stereocenters. The third-order valence-electron chi connectivity index (χ3n) is 6.96. The highest BCUT2D eigenvalue weighted by Gasteiger charge is 2.24. The number of fused-ring (bicyclic) bond motifs is 1. The molecule has 0 aliphatic heterocycles.